The average molecular weight is 254 g/mol. The quantitative estimate of drug-likeness (QED) is 0.300. The van der Waals surface area contributed by atoms with Gasteiger partial charge in [0.1, 0.15) is 36.6 Å². The van der Waals surface area contributed by atoms with Crippen LogP contribution < -0.4 is 0 Å². The Labute approximate surface area is 97.6 Å². The normalized spacial score (nSPS) is 42.2. The van der Waals surface area contributed by atoms with Gasteiger partial charge in [0.2, 0.25) is 0 Å². The van der Waals surface area contributed by atoms with Crippen LogP contribution in [0.3, 0.4) is 0 Å². The number of ether oxygens (including phenoxy) is 2. The smallest absolute Gasteiger partial charge is 0.186 e. The molecule has 102 valence electrons. The molecule has 6 N–H and O–H groups in total. The van der Waals surface area contributed by atoms with E-state index in [2.05, 4.69) is 0 Å². The molecule has 8 nitrogen and oxygen atoms in total. The fourth-order valence-electron chi connectivity index (χ4n) is 1.68. The van der Waals surface area contributed by atoms with Gasteiger partial charge in [-0.3, -0.25) is 0 Å². The molecule has 1 fully saturated rings. The Balaban J connectivity index is 2.78. The lowest BCUT2D eigenvalue weighted by Crippen LogP contribution is -2.62. The average Bonchev–Trinajstić information content (AvgIpc) is 2.34. The van der Waals surface area contributed by atoms with E-state index in [4.69, 9.17) is 14.6 Å². The van der Waals surface area contributed by atoms with Crippen LogP contribution in [0.25, 0.3) is 0 Å². The third-order valence-corrected chi connectivity index (χ3v) is 2.76. The van der Waals surface area contributed by atoms with Crippen LogP contribution in [0.4, 0.5) is 0 Å². The zero-order chi connectivity index (χ0) is 13.2. The SMILES string of the molecule is CO[C@H]1O[C@@H]([C@H](O)[C@H](O)CO)[C@@H](O)[C@@H](O)[C@H]1O. The van der Waals surface area contributed by atoms with E-state index in [0.717, 1.165) is 0 Å². The number of aliphatic hydroxyl groups is 6. The Morgan fingerprint density at radius 1 is 1.12 bits per heavy atom. The number of hydrogen-bond donors (Lipinski definition) is 6. The molecule has 0 unspecified atom stereocenters. The first-order valence-electron chi connectivity index (χ1n) is 5.13. The summed E-state index contributed by atoms with van der Waals surface area (Å²) in [7, 11) is 1.21. The molecule has 8 heteroatoms. The predicted octanol–water partition coefficient (Wildman–Crippen LogP) is -3.85. The summed E-state index contributed by atoms with van der Waals surface area (Å²) >= 11 is 0. The van der Waals surface area contributed by atoms with Crippen LogP contribution in [0, 0.1) is 0 Å². The maximum atomic E-state index is 9.59. The molecule has 0 saturated carbocycles. The van der Waals surface area contributed by atoms with Crippen molar-refractivity contribution in [1.82, 2.24) is 0 Å². The molecule has 1 heterocycles. The van der Waals surface area contributed by atoms with Gasteiger partial charge in [-0.05, 0) is 0 Å². The first-order valence-corrected chi connectivity index (χ1v) is 5.13. The zero-order valence-corrected chi connectivity index (χ0v) is 9.25. The van der Waals surface area contributed by atoms with Gasteiger partial charge in [-0.15, -0.1) is 0 Å². The molecule has 0 aliphatic carbocycles. The van der Waals surface area contributed by atoms with Crippen molar-refractivity contribution in [2.24, 2.45) is 0 Å². The van der Waals surface area contributed by atoms with Crippen LogP contribution in [-0.4, -0.2) is 87.3 Å². The van der Waals surface area contributed by atoms with E-state index in [1.807, 2.05) is 0 Å². The van der Waals surface area contributed by atoms with Crippen LogP contribution in [0.1, 0.15) is 0 Å². The summed E-state index contributed by atoms with van der Waals surface area (Å²) in [5.74, 6) is 0. The fraction of sp³-hybridized carbons (Fsp3) is 1.00. The van der Waals surface area contributed by atoms with Gasteiger partial charge < -0.3 is 40.1 Å². The second-order valence-electron chi connectivity index (χ2n) is 3.92. The highest BCUT2D eigenvalue weighted by atomic mass is 16.7. The van der Waals surface area contributed by atoms with E-state index in [9.17, 15) is 25.5 Å². The van der Waals surface area contributed by atoms with Crippen LogP contribution in [0.2, 0.25) is 0 Å². The molecule has 0 bridgehead atoms. The number of aliphatic hydroxyl groups excluding tert-OH is 6. The van der Waals surface area contributed by atoms with Crippen molar-refractivity contribution < 1.29 is 40.1 Å². The fourth-order valence-corrected chi connectivity index (χ4v) is 1.68. The third kappa shape index (κ3) is 2.92. The second-order valence-corrected chi connectivity index (χ2v) is 3.92. The van der Waals surface area contributed by atoms with E-state index in [1.165, 1.54) is 7.11 Å². The number of hydrogen-bond acceptors (Lipinski definition) is 8. The van der Waals surface area contributed by atoms with Crippen molar-refractivity contribution in [3.05, 3.63) is 0 Å². The minimum atomic E-state index is -1.62. The van der Waals surface area contributed by atoms with Gasteiger partial charge in [-0.1, -0.05) is 0 Å². The van der Waals surface area contributed by atoms with Gasteiger partial charge >= 0.3 is 0 Å². The molecule has 1 rings (SSSR count). The van der Waals surface area contributed by atoms with Crippen LogP contribution in [0.15, 0.2) is 0 Å². The summed E-state index contributed by atoms with van der Waals surface area (Å²) in [4.78, 5) is 0. The van der Waals surface area contributed by atoms with Gasteiger partial charge in [0.15, 0.2) is 6.29 Å². The minimum absolute atomic E-state index is 0.732. The maximum Gasteiger partial charge on any atom is 0.186 e. The minimum Gasteiger partial charge on any atom is -0.394 e. The van der Waals surface area contributed by atoms with Crippen LogP contribution >= 0.6 is 0 Å². The van der Waals surface area contributed by atoms with Gasteiger partial charge in [-0.2, -0.15) is 0 Å². The number of methoxy groups -OCH3 is 1. The Hall–Kier alpha value is -0.320. The number of rotatable bonds is 4. The molecule has 1 saturated heterocycles. The lowest BCUT2D eigenvalue weighted by atomic mass is 9.93. The molecule has 7 atom stereocenters. The van der Waals surface area contributed by atoms with Crippen molar-refractivity contribution in [1.29, 1.82) is 0 Å². The van der Waals surface area contributed by atoms with E-state index >= 15 is 0 Å². The highest BCUT2D eigenvalue weighted by Crippen LogP contribution is 2.24. The molecule has 0 amide bonds. The third-order valence-electron chi connectivity index (χ3n) is 2.76. The molecule has 0 aromatic heterocycles. The predicted molar refractivity (Wildman–Crippen MR) is 52.8 cm³/mol. The van der Waals surface area contributed by atoms with Crippen molar-refractivity contribution in [3.63, 3.8) is 0 Å². The Morgan fingerprint density at radius 3 is 2.18 bits per heavy atom. The van der Waals surface area contributed by atoms with Crippen molar-refractivity contribution in [3.8, 4) is 0 Å². The van der Waals surface area contributed by atoms with Crippen molar-refractivity contribution in [2.45, 2.75) is 42.9 Å². The summed E-state index contributed by atoms with van der Waals surface area (Å²) in [5, 5.41) is 56.0. The second kappa shape index (κ2) is 6.03. The Kier molecular flexibility index (Phi) is 5.22. The molecular weight excluding hydrogens is 236 g/mol. The molecule has 1 aliphatic rings. The van der Waals surface area contributed by atoms with E-state index in [0.29, 0.717) is 0 Å². The zero-order valence-electron chi connectivity index (χ0n) is 9.25. The topological polar surface area (TPSA) is 140 Å². The van der Waals surface area contributed by atoms with E-state index in [1.54, 1.807) is 0 Å². The summed E-state index contributed by atoms with van der Waals surface area (Å²) in [6, 6.07) is 0. The lowest BCUT2D eigenvalue weighted by molar-refractivity contribution is -0.309. The molecule has 17 heavy (non-hydrogen) atoms. The first-order chi connectivity index (χ1) is 7.93. The summed E-state index contributed by atoms with van der Waals surface area (Å²) in [5.41, 5.74) is 0. The molecule has 0 spiro atoms. The summed E-state index contributed by atoms with van der Waals surface area (Å²) in [6.45, 7) is -0.732. The first kappa shape index (κ1) is 14.7. The monoisotopic (exact) mass is 254 g/mol. The Morgan fingerprint density at radius 2 is 1.71 bits per heavy atom. The van der Waals surface area contributed by atoms with E-state index < -0.39 is 49.5 Å². The van der Waals surface area contributed by atoms with Gasteiger partial charge in [0.25, 0.3) is 0 Å². The van der Waals surface area contributed by atoms with Crippen molar-refractivity contribution in [2.75, 3.05) is 13.7 Å². The maximum absolute atomic E-state index is 9.59. The molecule has 0 aromatic rings. The highest BCUT2D eigenvalue weighted by Gasteiger charge is 2.47. The molecular formula is C9H18O8. The van der Waals surface area contributed by atoms with Gasteiger partial charge in [0.05, 0.1) is 6.61 Å². The molecule has 1 aliphatic heterocycles. The summed E-state index contributed by atoms with van der Waals surface area (Å²) in [6.07, 6.45) is -10.4. The highest BCUT2D eigenvalue weighted by molar-refractivity contribution is 4.94. The van der Waals surface area contributed by atoms with Crippen molar-refractivity contribution >= 4 is 0 Å². The van der Waals surface area contributed by atoms with Crippen LogP contribution in [-0.2, 0) is 9.47 Å². The van der Waals surface area contributed by atoms with Gasteiger partial charge in [0, 0.05) is 7.11 Å². The standard InChI is InChI=1S/C9H18O8/c1-16-9-7(15)5(13)6(14)8(17-9)4(12)3(11)2-10/h3-15H,2H2,1H3/t3-,4-,5-,6+,7-,8+,9+/m1/s1. The van der Waals surface area contributed by atoms with Crippen LogP contribution in [0.5, 0.6) is 0 Å². The Bertz CT molecular complexity index is 231. The largest absolute Gasteiger partial charge is 0.394 e. The molecule has 0 radical (unpaired) electrons. The summed E-state index contributed by atoms with van der Waals surface area (Å²) < 4.78 is 9.73. The van der Waals surface area contributed by atoms with Gasteiger partial charge in [-0.25, -0.2) is 0 Å². The van der Waals surface area contributed by atoms with E-state index in [-0.39, 0.29) is 0 Å². The lowest BCUT2D eigenvalue weighted by Gasteiger charge is -2.42. The molecule has 0 aromatic carbocycles.